The van der Waals surface area contributed by atoms with Crippen LogP contribution in [0.5, 0.6) is 0 Å². The quantitative estimate of drug-likeness (QED) is 0.922. The highest BCUT2D eigenvalue weighted by molar-refractivity contribution is 9.10. The first-order valence-corrected chi connectivity index (χ1v) is 6.89. The summed E-state index contributed by atoms with van der Waals surface area (Å²) in [7, 11) is 0. The van der Waals surface area contributed by atoms with Crippen LogP contribution in [0.1, 0.15) is 12.8 Å². The van der Waals surface area contributed by atoms with Crippen LogP contribution in [0.2, 0.25) is 0 Å². The number of anilines is 1. The highest BCUT2D eigenvalue weighted by Gasteiger charge is 2.35. The van der Waals surface area contributed by atoms with E-state index in [1.165, 1.54) is 4.90 Å². The zero-order valence-corrected chi connectivity index (χ0v) is 11.9. The molecule has 2 rings (SSSR count). The zero-order valence-electron chi connectivity index (χ0n) is 10.3. The first kappa shape index (κ1) is 14.4. The average molecular weight is 333 g/mol. The van der Waals surface area contributed by atoms with Gasteiger partial charge >= 0.3 is 0 Å². The Hall–Kier alpha value is -1.01. The summed E-state index contributed by atoms with van der Waals surface area (Å²) in [6.45, 7) is 0.218. The van der Waals surface area contributed by atoms with Crippen LogP contribution in [-0.2, 0) is 4.79 Å². The van der Waals surface area contributed by atoms with Gasteiger partial charge in [0.1, 0.15) is 0 Å². The number of piperidine rings is 1. The monoisotopic (exact) mass is 332 g/mol. The maximum absolute atomic E-state index is 13.2. The fourth-order valence-corrected chi connectivity index (χ4v) is 2.38. The maximum atomic E-state index is 13.2. The summed E-state index contributed by atoms with van der Waals surface area (Å²) in [6.07, 6.45) is 0.344. The Labute approximate surface area is 119 Å². The van der Waals surface area contributed by atoms with Crippen molar-refractivity contribution in [2.75, 3.05) is 25.0 Å². The number of benzene rings is 1. The number of alkyl halides is 2. The molecule has 1 heterocycles. The second kappa shape index (κ2) is 5.96. The molecule has 1 aliphatic heterocycles. The Morgan fingerprint density at radius 3 is 2.68 bits per heavy atom. The number of halogens is 3. The van der Waals surface area contributed by atoms with Crippen LogP contribution in [0.15, 0.2) is 28.7 Å². The minimum absolute atomic E-state index is 0.00561. The van der Waals surface area contributed by atoms with Crippen LogP contribution >= 0.6 is 15.9 Å². The van der Waals surface area contributed by atoms with Gasteiger partial charge in [0, 0.05) is 16.6 Å². The Balaban J connectivity index is 1.85. The molecule has 104 valence electrons. The van der Waals surface area contributed by atoms with Crippen molar-refractivity contribution in [2.45, 2.75) is 18.8 Å². The molecule has 1 N–H and O–H groups in total. The molecule has 6 heteroatoms. The van der Waals surface area contributed by atoms with Crippen molar-refractivity contribution in [1.29, 1.82) is 0 Å². The fourth-order valence-electron chi connectivity index (χ4n) is 2.12. The Morgan fingerprint density at radius 1 is 1.37 bits per heavy atom. The molecule has 0 unspecified atom stereocenters. The molecule has 1 fully saturated rings. The van der Waals surface area contributed by atoms with Crippen molar-refractivity contribution in [3.05, 3.63) is 28.7 Å². The van der Waals surface area contributed by atoms with E-state index < -0.39 is 5.92 Å². The third-order valence-corrected chi connectivity index (χ3v) is 3.50. The highest BCUT2D eigenvalue weighted by atomic mass is 79.9. The van der Waals surface area contributed by atoms with Crippen molar-refractivity contribution >= 4 is 27.5 Å². The standard InChI is InChI=1S/C13H15BrF2N2O/c14-10-2-4-11(5-3-10)17-12(19)8-18-7-1-6-13(15,16)9-18/h2-5H,1,6-9H2,(H,17,19). The number of carbonyl (C=O) groups is 1. The van der Waals surface area contributed by atoms with E-state index in [1.807, 2.05) is 12.1 Å². The number of carbonyl (C=O) groups excluding carboxylic acids is 1. The van der Waals surface area contributed by atoms with Crippen LogP contribution in [0.4, 0.5) is 14.5 Å². The molecule has 1 aromatic rings. The van der Waals surface area contributed by atoms with Crippen molar-refractivity contribution < 1.29 is 13.6 Å². The Kier molecular flexibility index (Phi) is 4.52. The van der Waals surface area contributed by atoms with Crippen molar-refractivity contribution in [3.63, 3.8) is 0 Å². The second-order valence-corrected chi connectivity index (χ2v) is 5.64. The van der Waals surface area contributed by atoms with Gasteiger partial charge in [0.15, 0.2) is 0 Å². The Bertz CT molecular complexity index is 450. The summed E-state index contributed by atoms with van der Waals surface area (Å²) < 4.78 is 27.3. The average Bonchev–Trinajstić information content (AvgIpc) is 2.30. The predicted octanol–water partition coefficient (Wildman–Crippen LogP) is 3.12. The van der Waals surface area contributed by atoms with Gasteiger partial charge in [-0.05, 0) is 37.2 Å². The van der Waals surface area contributed by atoms with Gasteiger partial charge in [-0.25, -0.2) is 8.78 Å². The fraction of sp³-hybridized carbons (Fsp3) is 0.462. The molecule has 0 aromatic heterocycles. The van der Waals surface area contributed by atoms with Gasteiger partial charge in [-0.3, -0.25) is 9.69 Å². The molecule has 0 bridgehead atoms. The lowest BCUT2D eigenvalue weighted by Gasteiger charge is -2.31. The van der Waals surface area contributed by atoms with Crippen LogP contribution in [-0.4, -0.2) is 36.4 Å². The van der Waals surface area contributed by atoms with E-state index in [2.05, 4.69) is 21.2 Å². The third-order valence-electron chi connectivity index (χ3n) is 2.97. The molecule has 0 saturated carbocycles. The van der Waals surface area contributed by atoms with E-state index >= 15 is 0 Å². The number of hydrogen-bond donors (Lipinski definition) is 1. The molecule has 1 amide bonds. The third kappa shape index (κ3) is 4.54. The molecule has 1 saturated heterocycles. The zero-order chi connectivity index (χ0) is 13.9. The summed E-state index contributed by atoms with van der Waals surface area (Å²) in [5, 5.41) is 2.70. The summed E-state index contributed by atoms with van der Waals surface area (Å²) in [4.78, 5) is 13.3. The summed E-state index contributed by atoms with van der Waals surface area (Å²) in [5.74, 6) is -2.93. The number of nitrogens with one attached hydrogen (secondary N) is 1. The summed E-state index contributed by atoms with van der Waals surface area (Å²) in [5.41, 5.74) is 0.664. The molecule has 0 aliphatic carbocycles. The van der Waals surface area contributed by atoms with Crippen LogP contribution in [0.3, 0.4) is 0 Å². The lowest BCUT2D eigenvalue weighted by Crippen LogP contribution is -2.45. The normalized spacial score (nSPS) is 19.1. The largest absolute Gasteiger partial charge is 0.325 e. The number of rotatable bonds is 3. The van der Waals surface area contributed by atoms with Gasteiger partial charge in [0.25, 0.3) is 5.92 Å². The van der Waals surface area contributed by atoms with Gasteiger partial charge in [0.2, 0.25) is 5.91 Å². The van der Waals surface area contributed by atoms with E-state index in [0.29, 0.717) is 18.7 Å². The lowest BCUT2D eigenvalue weighted by atomic mass is 10.1. The van der Waals surface area contributed by atoms with Crippen molar-refractivity contribution in [2.24, 2.45) is 0 Å². The van der Waals surface area contributed by atoms with Crippen molar-refractivity contribution in [1.82, 2.24) is 4.90 Å². The van der Waals surface area contributed by atoms with Gasteiger partial charge < -0.3 is 5.32 Å². The van der Waals surface area contributed by atoms with Crippen LogP contribution in [0, 0.1) is 0 Å². The number of nitrogens with zero attached hydrogens (tertiary/aromatic N) is 1. The van der Waals surface area contributed by atoms with E-state index in [1.54, 1.807) is 12.1 Å². The van der Waals surface area contributed by atoms with E-state index in [9.17, 15) is 13.6 Å². The molecule has 0 atom stereocenters. The molecule has 19 heavy (non-hydrogen) atoms. The topological polar surface area (TPSA) is 32.3 Å². The predicted molar refractivity (Wildman–Crippen MR) is 73.4 cm³/mol. The molecule has 1 aromatic carbocycles. The van der Waals surface area contributed by atoms with Gasteiger partial charge in [-0.2, -0.15) is 0 Å². The lowest BCUT2D eigenvalue weighted by molar-refractivity contribution is -0.120. The SMILES string of the molecule is O=C(CN1CCCC(F)(F)C1)Nc1ccc(Br)cc1. The molecule has 0 spiro atoms. The molecular formula is C13H15BrF2N2O. The van der Waals surface area contributed by atoms with Crippen LogP contribution in [0.25, 0.3) is 0 Å². The minimum Gasteiger partial charge on any atom is -0.325 e. The van der Waals surface area contributed by atoms with Crippen LogP contribution < -0.4 is 5.32 Å². The Morgan fingerprint density at radius 2 is 2.05 bits per heavy atom. The number of amides is 1. The van der Waals surface area contributed by atoms with E-state index in [0.717, 1.165) is 4.47 Å². The number of likely N-dealkylation sites (tertiary alicyclic amines) is 1. The highest BCUT2D eigenvalue weighted by Crippen LogP contribution is 2.26. The molecule has 3 nitrogen and oxygen atoms in total. The first-order chi connectivity index (χ1) is 8.94. The smallest absolute Gasteiger partial charge is 0.260 e. The summed E-state index contributed by atoms with van der Waals surface area (Å²) >= 11 is 3.30. The first-order valence-electron chi connectivity index (χ1n) is 6.10. The number of hydrogen-bond acceptors (Lipinski definition) is 2. The van der Waals surface area contributed by atoms with E-state index in [4.69, 9.17) is 0 Å². The molecule has 0 radical (unpaired) electrons. The van der Waals surface area contributed by atoms with Crippen molar-refractivity contribution in [3.8, 4) is 0 Å². The summed E-state index contributed by atoms with van der Waals surface area (Å²) in [6, 6.07) is 7.13. The molecule has 1 aliphatic rings. The second-order valence-electron chi connectivity index (χ2n) is 4.73. The van der Waals surface area contributed by atoms with Gasteiger partial charge in [-0.15, -0.1) is 0 Å². The van der Waals surface area contributed by atoms with Gasteiger partial charge in [-0.1, -0.05) is 15.9 Å². The molecular weight excluding hydrogens is 318 g/mol. The maximum Gasteiger partial charge on any atom is 0.260 e. The van der Waals surface area contributed by atoms with Gasteiger partial charge in [0.05, 0.1) is 13.1 Å². The van der Waals surface area contributed by atoms with E-state index in [-0.39, 0.29) is 25.4 Å². The minimum atomic E-state index is -2.67.